The predicted octanol–water partition coefficient (Wildman–Crippen LogP) is -0.309. The number of carbonyl (C=O) groups is 1. The van der Waals surface area contributed by atoms with Crippen molar-refractivity contribution in [3.63, 3.8) is 0 Å². The summed E-state index contributed by atoms with van der Waals surface area (Å²) in [5, 5.41) is 15.9. The van der Waals surface area contributed by atoms with Gasteiger partial charge in [0.2, 0.25) is 0 Å². The molecule has 0 radical (unpaired) electrons. The third-order valence-electron chi connectivity index (χ3n) is 2.36. The highest BCUT2D eigenvalue weighted by Gasteiger charge is 2.27. The lowest BCUT2D eigenvalue weighted by Gasteiger charge is -2.20. The Kier molecular flexibility index (Phi) is 1.81. The molecule has 0 aromatic carbocycles. The lowest BCUT2D eigenvalue weighted by molar-refractivity contribution is -0.139. The second-order valence-corrected chi connectivity index (χ2v) is 3.15. The number of nitrogens with one attached hydrogen (secondary N) is 1. The molecule has 1 atom stereocenters. The van der Waals surface area contributed by atoms with Gasteiger partial charge >= 0.3 is 5.97 Å². The van der Waals surface area contributed by atoms with Gasteiger partial charge in [0.05, 0.1) is 6.20 Å². The van der Waals surface area contributed by atoms with E-state index in [9.17, 15) is 4.79 Å². The summed E-state index contributed by atoms with van der Waals surface area (Å²) in [4.78, 5) is 10.8. The molecule has 1 aliphatic rings. The van der Waals surface area contributed by atoms with Crippen molar-refractivity contribution < 1.29 is 9.90 Å². The average Bonchev–Trinajstić information content (AvgIpc) is 2.48. The van der Waals surface area contributed by atoms with Gasteiger partial charge in [-0.3, -0.25) is 9.48 Å². The second-order valence-electron chi connectivity index (χ2n) is 3.15. The van der Waals surface area contributed by atoms with Crippen molar-refractivity contribution in [2.24, 2.45) is 7.05 Å². The minimum atomic E-state index is -0.839. The molecule has 0 bridgehead atoms. The molecular formula is C8H11N3O2. The number of hydrogen-bond acceptors (Lipinski definition) is 3. The van der Waals surface area contributed by atoms with E-state index in [1.807, 2.05) is 7.05 Å². The SMILES string of the molecule is Cn1ncc2c1CCNC2C(=O)O. The highest BCUT2D eigenvalue weighted by atomic mass is 16.4. The maximum absolute atomic E-state index is 10.8. The van der Waals surface area contributed by atoms with Gasteiger partial charge in [-0.1, -0.05) is 0 Å². The molecule has 1 aromatic heterocycles. The van der Waals surface area contributed by atoms with Gasteiger partial charge in [-0.05, 0) is 0 Å². The number of aliphatic carboxylic acids is 1. The minimum absolute atomic E-state index is 0.586. The van der Waals surface area contributed by atoms with E-state index in [2.05, 4.69) is 10.4 Å². The number of rotatable bonds is 1. The largest absolute Gasteiger partial charge is 0.480 e. The lowest BCUT2D eigenvalue weighted by atomic mass is 10.0. The van der Waals surface area contributed by atoms with Gasteiger partial charge in [0.1, 0.15) is 6.04 Å². The fourth-order valence-corrected chi connectivity index (χ4v) is 1.69. The highest BCUT2D eigenvalue weighted by molar-refractivity contribution is 5.76. The minimum Gasteiger partial charge on any atom is -0.480 e. The molecule has 0 spiro atoms. The van der Waals surface area contributed by atoms with Crippen LogP contribution in [0.25, 0.3) is 0 Å². The smallest absolute Gasteiger partial charge is 0.325 e. The van der Waals surface area contributed by atoms with Gasteiger partial charge < -0.3 is 10.4 Å². The molecule has 0 fully saturated rings. The maximum atomic E-state index is 10.8. The lowest BCUT2D eigenvalue weighted by Crippen LogP contribution is -2.35. The monoisotopic (exact) mass is 181 g/mol. The maximum Gasteiger partial charge on any atom is 0.325 e. The number of hydrogen-bond donors (Lipinski definition) is 2. The molecule has 2 N–H and O–H groups in total. The van der Waals surface area contributed by atoms with E-state index < -0.39 is 12.0 Å². The molecule has 2 heterocycles. The molecule has 13 heavy (non-hydrogen) atoms. The fraction of sp³-hybridized carbons (Fsp3) is 0.500. The fourth-order valence-electron chi connectivity index (χ4n) is 1.69. The molecule has 5 nitrogen and oxygen atoms in total. The van der Waals surface area contributed by atoms with Gasteiger partial charge in [-0.15, -0.1) is 0 Å². The zero-order valence-corrected chi connectivity index (χ0v) is 7.32. The first-order valence-electron chi connectivity index (χ1n) is 4.17. The highest BCUT2D eigenvalue weighted by Crippen LogP contribution is 2.21. The molecule has 1 aliphatic heterocycles. The van der Waals surface area contributed by atoms with Crippen LogP contribution in [0.3, 0.4) is 0 Å². The molecular weight excluding hydrogens is 170 g/mol. The average molecular weight is 181 g/mol. The predicted molar refractivity (Wildman–Crippen MR) is 45.3 cm³/mol. The van der Waals surface area contributed by atoms with Gasteiger partial charge in [-0.2, -0.15) is 5.10 Å². The van der Waals surface area contributed by atoms with Crippen molar-refractivity contribution in [3.05, 3.63) is 17.5 Å². The first kappa shape index (κ1) is 8.25. The number of nitrogens with zero attached hydrogens (tertiary/aromatic N) is 2. The summed E-state index contributed by atoms with van der Waals surface area (Å²) >= 11 is 0. The van der Waals surface area contributed by atoms with Crippen LogP contribution in [-0.4, -0.2) is 27.4 Å². The van der Waals surface area contributed by atoms with Crippen LogP contribution in [0.2, 0.25) is 0 Å². The summed E-state index contributed by atoms with van der Waals surface area (Å²) in [5.41, 5.74) is 1.81. The van der Waals surface area contributed by atoms with Crippen molar-refractivity contribution in [1.82, 2.24) is 15.1 Å². The van der Waals surface area contributed by atoms with Gasteiger partial charge in [0.25, 0.3) is 0 Å². The third kappa shape index (κ3) is 1.21. The zero-order valence-electron chi connectivity index (χ0n) is 7.32. The quantitative estimate of drug-likeness (QED) is 0.623. The molecule has 2 rings (SSSR count). The summed E-state index contributed by atoms with van der Waals surface area (Å²) in [5.74, 6) is -0.839. The van der Waals surface area contributed by atoms with Crippen LogP contribution in [0.15, 0.2) is 6.20 Å². The molecule has 5 heteroatoms. The van der Waals surface area contributed by atoms with E-state index in [1.54, 1.807) is 10.9 Å². The van der Waals surface area contributed by atoms with Crippen molar-refractivity contribution in [1.29, 1.82) is 0 Å². The molecule has 0 saturated carbocycles. The van der Waals surface area contributed by atoms with Crippen LogP contribution in [0.1, 0.15) is 17.3 Å². The molecule has 70 valence electrons. The Morgan fingerprint density at radius 1 is 1.85 bits per heavy atom. The van der Waals surface area contributed by atoms with E-state index in [-0.39, 0.29) is 0 Å². The zero-order chi connectivity index (χ0) is 9.42. The topological polar surface area (TPSA) is 67.2 Å². The number of aryl methyl sites for hydroxylation is 1. The summed E-state index contributed by atoms with van der Waals surface area (Å²) in [7, 11) is 1.84. The van der Waals surface area contributed by atoms with E-state index in [1.165, 1.54) is 0 Å². The molecule has 0 aliphatic carbocycles. The summed E-state index contributed by atoms with van der Waals surface area (Å²) < 4.78 is 1.74. The molecule has 0 amide bonds. The Labute approximate surface area is 75.4 Å². The Balaban J connectivity index is 2.43. The van der Waals surface area contributed by atoms with E-state index in [4.69, 9.17) is 5.11 Å². The van der Waals surface area contributed by atoms with Crippen LogP contribution in [0.5, 0.6) is 0 Å². The van der Waals surface area contributed by atoms with Gasteiger partial charge in [-0.25, -0.2) is 0 Å². The Morgan fingerprint density at radius 3 is 3.31 bits per heavy atom. The van der Waals surface area contributed by atoms with E-state index in [0.717, 1.165) is 17.7 Å². The molecule has 1 unspecified atom stereocenters. The molecule has 0 saturated heterocycles. The Hall–Kier alpha value is -1.36. The summed E-state index contributed by atoms with van der Waals surface area (Å²) in [6.45, 7) is 0.698. The Morgan fingerprint density at radius 2 is 2.62 bits per heavy atom. The first-order chi connectivity index (χ1) is 6.20. The summed E-state index contributed by atoms with van der Waals surface area (Å²) in [6.07, 6.45) is 2.47. The normalized spacial score (nSPS) is 21.2. The first-order valence-corrected chi connectivity index (χ1v) is 4.17. The van der Waals surface area contributed by atoms with Crippen LogP contribution in [-0.2, 0) is 18.3 Å². The number of carboxylic acids is 1. The Bertz CT molecular complexity index is 345. The number of fused-ring (bicyclic) bond motifs is 1. The summed E-state index contributed by atoms with van der Waals surface area (Å²) in [6, 6.07) is -0.586. The molecule has 1 aromatic rings. The standard InChI is InChI=1S/C8H11N3O2/c1-11-6-2-3-9-7(8(12)13)5(6)4-10-11/h4,7,9H,2-3H2,1H3,(H,12,13). The van der Waals surface area contributed by atoms with Crippen molar-refractivity contribution in [2.75, 3.05) is 6.54 Å². The van der Waals surface area contributed by atoms with Crippen molar-refractivity contribution in [3.8, 4) is 0 Å². The van der Waals surface area contributed by atoms with E-state index in [0.29, 0.717) is 6.54 Å². The van der Waals surface area contributed by atoms with Crippen LogP contribution in [0, 0.1) is 0 Å². The van der Waals surface area contributed by atoms with Gasteiger partial charge in [0.15, 0.2) is 0 Å². The second kappa shape index (κ2) is 2.85. The van der Waals surface area contributed by atoms with Crippen LogP contribution >= 0.6 is 0 Å². The van der Waals surface area contributed by atoms with Crippen LogP contribution in [0.4, 0.5) is 0 Å². The van der Waals surface area contributed by atoms with Gasteiger partial charge in [0, 0.05) is 31.3 Å². The third-order valence-corrected chi connectivity index (χ3v) is 2.36. The number of aromatic nitrogens is 2. The van der Waals surface area contributed by atoms with Crippen molar-refractivity contribution in [2.45, 2.75) is 12.5 Å². The van der Waals surface area contributed by atoms with Crippen molar-refractivity contribution >= 4 is 5.97 Å². The van der Waals surface area contributed by atoms with E-state index >= 15 is 0 Å². The number of carboxylic acid groups (broad SMARTS) is 1. The van der Waals surface area contributed by atoms with Crippen LogP contribution < -0.4 is 5.32 Å².